The van der Waals surface area contributed by atoms with Crippen LogP contribution >= 0.6 is 0 Å². The van der Waals surface area contributed by atoms with Gasteiger partial charge in [0, 0.05) is 17.7 Å². The van der Waals surface area contributed by atoms with E-state index in [1.807, 2.05) is 0 Å². The lowest BCUT2D eigenvalue weighted by atomic mass is 9.64. The zero-order valence-corrected chi connectivity index (χ0v) is 12.4. The van der Waals surface area contributed by atoms with Gasteiger partial charge in [-0.2, -0.15) is 15.8 Å². The van der Waals surface area contributed by atoms with E-state index in [1.165, 1.54) is 12.1 Å². The molecule has 118 valence electrons. The van der Waals surface area contributed by atoms with Crippen LogP contribution in [-0.2, 0) is 4.79 Å². The number of aldehydes is 1. The van der Waals surface area contributed by atoms with E-state index in [0.717, 1.165) is 12.1 Å². The summed E-state index contributed by atoms with van der Waals surface area (Å²) in [6.45, 7) is 0. The van der Waals surface area contributed by atoms with E-state index < -0.39 is 40.5 Å². The SMILES string of the molecule is N#CC1(C#N)CC(C=O)C(=N)[C@@]1(C#N)CC(=O)c1ccc(F)cc1. The van der Waals surface area contributed by atoms with Gasteiger partial charge in [-0.25, -0.2) is 4.39 Å². The first-order valence-corrected chi connectivity index (χ1v) is 6.96. The predicted octanol–water partition coefficient (Wildman–Crippen LogP) is 2.18. The first-order valence-electron chi connectivity index (χ1n) is 6.96. The molecular weight excluding hydrogens is 311 g/mol. The van der Waals surface area contributed by atoms with Gasteiger partial charge in [0.2, 0.25) is 0 Å². The molecule has 0 heterocycles. The van der Waals surface area contributed by atoms with Gasteiger partial charge in [-0.1, -0.05) is 0 Å². The lowest BCUT2D eigenvalue weighted by molar-refractivity contribution is -0.109. The highest BCUT2D eigenvalue weighted by Crippen LogP contribution is 2.54. The summed E-state index contributed by atoms with van der Waals surface area (Å²) in [4.78, 5) is 23.6. The smallest absolute Gasteiger partial charge is 0.169 e. The molecular formula is C17H11FN4O2. The molecule has 0 spiro atoms. The molecule has 0 radical (unpaired) electrons. The van der Waals surface area contributed by atoms with Crippen LogP contribution in [0, 0.1) is 62.0 Å². The molecule has 0 aromatic heterocycles. The van der Waals surface area contributed by atoms with Crippen molar-refractivity contribution in [2.75, 3.05) is 0 Å². The van der Waals surface area contributed by atoms with Crippen molar-refractivity contribution in [3.8, 4) is 18.2 Å². The van der Waals surface area contributed by atoms with Crippen LogP contribution < -0.4 is 0 Å². The maximum atomic E-state index is 13.0. The fraction of sp³-hybridized carbons (Fsp3) is 0.294. The summed E-state index contributed by atoms with van der Waals surface area (Å²) in [5.41, 5.74) is -4.27. The molecule has 0 aliphatic heterocycles. The number of nitrogens with one attached hydrogen (secondary N) is 1. The number of nitrogens with zero attached hydrogens (tertiary/aromatic N) is 3. The van der Waals surface area contributed by atoms with Gasteiger partial charge in [-0.05, 0) is 30.7 Å². The number of Topliss-reactive ketones (excluding diaryl/α,β-unsaturated/α-hetero) is 1. The topological polar surface area (TPSA) is 129 Å². The molecule has 0 saturated heterocycles. The summed E-state index contributed by atoms with van der Waals surface area (Å²) in [6, 6.07) is 9.83. The van der Waals surface area contributed by atoms with Crippen molar-refractivity contribution in [1.29, 1.82) is 21.2 Å². The number of carbonyl (C=O) groups is 2. The zero-order valence-electron chi connectivity index (χ0n) is 12.4. The molecule has 24 heavy (non-hydrogen) atoms. The number of hydrogen-bond acceptors (Lipinski definition) is 6. The third kappa shape index (κ3) is 2.26. The maximum Gasteiger partial charge on any atom is 0.169 e. The number of halogens is 1. The van der Waals surface area contributed by atoms with E-state index in [4.69, 9.17) is 5.41 Å². The van der Waals surface area contributed by atoms with Gasteiger partial charge in [0.15, 0.2) is 11.2 Å². The third-order valence-electron chi connectivity index (χ3n) is 4.41. The minimum absolute atomic E-state index is 0.0955. The number of ketones is 1. The molecule has 1 N–H and O–H groups in total. The molecule has 2 atom stereocenters. The van der Waals surface area contributed by atoms with Crippen molar-refractivity contribution in [1.82, 2.24) is 0 Å². The molecule has 6 nitrogen and oxygen atoms in total. The average Bonchev–Trinajstić information content (AvgIpc) is 2.84. The first-order chi connectivity index (χ1) is 11.4. The summed E-state index contributed by atoms with van der Waals surface area (Å²) in [6.07, 6.45) is -0.487. The van der Waals surface area contributed by atoms with Crippen LogP contribution in [0.1, 0.15) is 23.2 Å². The molecule has 1 unspecified atom stereocenters. The fourth-order valence-electron chi connectivity index (χ4n) is 3.00. The van der Waals surface area contributed by atoms with Crippen LogP contribution in [0.15, 0.2) is 24.3 Å². The second kappa shape index (κ2) is 6.02. The Bertz CT molecular complexity index is 827. The van der Waals surface area contributed by atoms with E-state index >= 15 is 0 Å². The third-order valence-corrected chi connectivity index (χ3v) is 4.41. The number of rotatable bonds is 4. The van der Waals surface area contributed by atoms with E-state index in [2.05, 4.69) is 0 Å². The highest BCUT2D eigenvalue weighted by Gasteiger charge is 2.65. The van der Waals surface area contributed by atoms with Gasteiger partial charge in [0.25, 0.3) is 0 Å². The molecule has 2 rings (SSSR count). The molecule has 1 aromatic rings. The predicted molar refractivity (Wildman–Crippen MR) is 79.0 cm³/mol. The molecule has 0 amide bonds. The highest BCUT2D eigenvalue weighted by molar-refractivity contribution is 6.09. The molecule has 1 aliphatic carbocycles. The maximum absolute atomic E-state index is 13.0. The molecule has 7 heteroatoms. The number of benzene rings is 1. The molecule has 1 saturated carbocycles. The Labute approximate surface area is 137 Å². The first kappa shape index (κ1) is 17.0. The Balaban J connectivity index is 2.52. The minimum Gasteiger partial charge on any atom is -0.307 e. The lowest BCUT2D eigenvalue weighted by Crippen LogP contribution is -2.41. The Morgan fingerprint density at radius 1 is 1.25 bits per heavy atom. The van der Waals surface area contributed by atoms with Gasteiger partial charge in [-0.3, -0.25) is 4.79 Å². The van der Waals surface area contributed by atoms with Crippen molar-refractivity contribution in [3.63, 3.8) is 0 Å². The number of carbonyl (C=O) groups excluding carboxylic acids is 2. The van der Waals surface area contributed by atoms with Gasteiger partial charge in [0.1, 0.15) is 17.5 Å². The summed E-state index contributed by atoms with van der Waals surface area (Å²) < 4.78 is 13.0. The summed E-state index contributed by atoms with van der Waals surface area (Å²) in [5, 5.41) is 36.6. The zero-order chi connectivity index (χ0) is 18.0. The van der Waals surface area contributed by atoms with Gasteiger partial charge in [0.05, 0.1) is 24.1 Å². The summed E-state index contributed by atoms with van der Waals surface area (Å²) in [5.74, 6) is -2.22. The van der Waals surface area contributed by atoms with Gasteiger partial charge < -0.3 is 10.2 Å². The van der Waals surface area contributed by atoms with Crippen molar-refractivity contribution >= 4 is 17.8 Å². The lowest BCUT2D eigenvalue weighted by Gasteiger charge is -2.29. The van der Waals surface area contributed by atoms with Gasteiger partial charge in [-0.15, -0.1) is 0 Å². The Morgan fingerprint density at radius 2 is 1.83 bits per heavy atom. The Morgan fingerprint density at radius 3 is 2.29 bits per heavy atom. The number of hydrogen-bond donors (Lipinski definition) is 1. The van der Waals surface area contributed by atoms with Crippen molar-refractivity contribution in [2.24, 2.45) is 16.7 Å². The van der Waals surface area contributed by atoms with E-state index in [1.54, 1.807) is 18.2 Å². The van der Waals surface area contributed by atoms with Crippen LogP contribution in [0.2, 0.25) is 0 Å². The second-order valence-corrected chi connectivity index (χ2v) is 5.61. The fourth-order valence-corrected chi connectivity index (χ4v) is 3.00. The monoisotopic (exact) mass is 322 g/mol. The minimum atomic E-state index is -2.01. The van der Waals surface area contributed by atoms with Crippen LogP contribution in [0.5, 0.6) is 0 Å². The molecule has 1 aliphatic rings. The quantitative estimate of drug-likeness (QED) is 0.670. The Kier molecular flexibility index (Phi) is 4.26. The van der Waals surface area contributed by atoms with Crippen molar-refractivity contribution in [2.45, 2.75) is 12.8 Å². The molecule has 0 bridgehead atoms. The highest BCUT2D eigenvalue weighted by atomic mass is 19.1. The van der Waals surface area contributed by atoms with Crippen LogP contribution in [0.4, 0.5) is 4.39 Å². The van der Waals surface area contributed by atoms with Gasteiger partial charge >= 0.3 is 0 Å². The average molecular weight is 322 g/mol. The van der Waals surface area contributed by atoms with Crippen LogP contribution in [0.25, 0.3) is 0 Å². The summed E-state index contributed by atoms with van der Waals surface area (Å²) in [7, 11) is 0. The Hall–Kier alpha value is -3.37. The van der Waals surface area contributed by atoms with E-state index in [9.17, 15) is 29.8 Å². The molecule has 1 fully saturated rings. The number of nitriles is 3. The van der Waals surface area contributed by atoms with Crippen LogP contribution in [0.3, 0.4) is 0 Å². The van der Waals surface area contributed by atoms with E-state index in [-0.39, 0.29) is 12.0 Å². The van der Waals surface area contributed by atoms with Crippen molar-refractivity contribution in [3.05, 3.63) is 35.6 Å². The van der Waals surface area contributed by atoms with Crippen LogP contribution in [-0.4, -0.2) is 17.8 Å². The second-order valence-electron chi connectivity index (χ2n) is 5.61. The normalized spacial score (nSPS) is 24.4. The summed E-state index contributed by atoms with van der Waals surface area (Å²) >= 11 is 0. The van der Waals surface area contributed by atoms with Crippen molar-refractivity contribution < 1.29 is 14.0 Å². The standard InChI is InChI=1S/C17H11FN4O2/c18-13-3-1-11(2-4-13)14(24)6-17(10-21)15(22)12(7-23)5-16(17,8-19)9-20/h1-4,7,12,22H,5-6H2/t12?,17-/m0/s1. The largest absolute Gasteiger partial charge is 0.307 e. The molecule has 1 aromatic carbocycles. The van der Waals surface area contributed by atoms with E-state index in [0.29, 0.717) is 6.29 Å².